The minimum absolute atomic E-state index is 0.135. The Morgan fingerprint density at radius 2 is 0.855 bits per heavy atom. The number of hydrogen-bond acceptors (Lipinski definition) is 4. The van der Waals surface area contributed by atoms with E-state index in [1.165, 1.54) is 32.3 Å². The van der Waals surface area contributed by atoms with Crippen molar-refractivity contribution in [1.82, 2.24) is 15.0 Å². The largest absolute Gasteiger partial charge is 0.455 e. The summed E-state index contributed by atoms with van der Waals surface area (Å²) < 4.78 is 48.0. The number of hydrogen-bond donors (Lipinski definition) is 0. The maximum absolute atomic E-state index is 8.46. The lowest BCUT2D eigenvalue weighted by Gasteiger charge is -2.12. The molecule has 0 unspecified atom stereocenters. The van der Waals surface area contributed by atoms with E-state index in [0.717, 1.165) is 33.0 Å². The molecular formula is C51H31N3O. The minimum Gasteiger partial charge on any atom is -0.455 e. The highest BCUT2D eigenvalue weighted by Gasteiger charge is 2.19. The van der Waals surface area contributed by atoms with Gasteiger partial charge in [0.2, 0.25) is 0 Å². The maximum Gasteiger partial charge on any atom is 0.167 e. The molecular weight excluding hydrogens is 671 g/mol. The van der Waals surface area contributed by atoms with Crippen LogP contribution in [0.25, 0.3) is 111 Å². The fourth-order valence-corrected chi connectivity index (χ4v) is 7.76. The standard InChI is InChI=1S/C51H31N3O/c1-3-12-32(13-4-1)33-22-24-35(25-23-33)50-52-49(34-14-5-2-6-15-34)53-51(54-50)45-21-11-20-44-43-29-27-37(31-47(43)55-48(44)45)36-26-28-42-40-18-8-7-16-38(40)39-17-9-10-19-41(39)46(42)30-36/h1-31H/i1D,3D,4D,12D,13D. The molecule has 0 saturated heterocycles. The van der Waals surface area contributed by atoms with E-state index in [1.807, 2.05) is 42.5 Å². The third kappa shape index (κ3) is 5.26. The smallest absolute Gasteiger partial charge is 0.167 e. The highest BCUT2D eigenvalue weighted by Crippen LogP contribution is 2.40. The summed E-state index contributed by atoms with van der Waals surface area (Å²) in [5.41, 5.74) is 6.38. The first kappa shape index (κ1) is 26.4. The van der Waals surface area contributed by atoms with Gasteiger partial charge in [-0.05, 0) is 78.8 Å². The molecule has 0 amide bonds. The van der Waals surface area contributed by atoms with Gasteiger partial charge in [-0.1, -0.05) is 164 Å². The molecule has 0 bridgehead atoms. The van der Waals surface area contributed by atoms with Crippen LogP contribution in [0.15, 0.2) is 192 Å². The molecule has 0 N–H and O–H groups in total. The molecule has 0 saturated carbocycles. The molecule has 0 atom stereocenters. The summed E-state index contributed by atoms with van der Waals surface area (Å²) in [5, 5.41) is 9.29. The molecule has 55 heavy (non-hydrogen) atoms. The molecule has 11 rings (SSSR count). The molecule has 9 aromatic carbocycles. The van der Waals surface area contributed by atoms with Gasteiger partial charge in [-0.15, -0.1) is 0 Å². The molecule has 256 valence electrons. The highest BCUT2D eigenvalue weighted by atomic mass is 16.3. The van der Waals surface area contributed by atoms with Gasteiger partial charge >= 0.3 is 0 Å². The van der Waals surface area contributed by atoms with Gasteiger partial charge in [0.05, 0.1) is 12.4 Å². The van der Waals surface area contributed by atoms with Crippen LogP contribution in [0.1, 0.15) is 6.85 Å². The van der Waals surface area contributed by atoms with Crippen LogP contribution < -0.4 is 0 Å². The zero-order valence-electron chi connectivity index (χ0n) is 34.3. The number of furan rings is 1. The van der Waals surface area contributed by atoms with Gasteiger partial charge in [-0.2, -0.15) is 0 Å². The fraction of sp³-hybridized carbons (Fsp3) is 0. The number of fused-ring (bicyclic) bond motifs is 9. The van der Waals surface area contributed by atoms with Crippen molar-refractivity contribution >= 4 is 54.3 Å². The van der Waals surface area contributed by atoms with Gasteiger partial charge in [0, 0.05) is 21.9 Å². The van der Waals surface area contributed by atoms with Crippen molar-refractivity contribution < 1.29 is 11.3 Å². The van der Waals surface area contributed by atoms with Crippen LogP contribution in [0.4, 0.5) is 0 Å². The second kappa shape index (κ2) is 12.6. The molecule has 11 aromatic rings. The number of aromatic nitrogens is 3. The molecule has 4 nitrogen and oxygen atoms in total. The number of para-hydroxylation sites is 1. The molecule has 2 aromatic heterocycles. The molecule has 0 aliphatic carbocycles. The molecule has 2 heterocycles. The number of benzene rings is 9. The fourth-order valence-electron chi connectivity index (χ4n) is 7.76. The predicted octanol–water partition coefficient (Wildman–Crippen LogP) is 13.6. The Kier molecular flexibility index (Phi) is 6.04. The molecule has 0 aliphatic rings. The second-order valence-electron chi connectivity index (χ2n) is 13.6. The summed E-state index contributed by atoms with van der Waals surface area (Å²) in [6.07, 6.45) is 0. The quantitative estimate of drug-likeness (QED) is 0.167. The summed E-state index contributed by atoms with van der Waals surface area (Å²) in [6, 6.07) is 51.3. The van der Waals surface area contributed by atoms with Crippen LogP contribution in [-0.2, 0) is 0 Å². The van der Waals surface area contributed by atoms with Gasteiger partial charge in [-0.3, -0.25) is 0 Å². The number of rotatable bonds is 5. The van der Waals surface area contributed by atoms with Crippen LogP contribution in [0.2, 0.25) is 0 Å². The predicted molar refractivity (Wildman–Crippen MR) is 227 cm³/mol. The SMILES string of the molecule is [2H]c1c([2H])c([2H])c(-c2ccc(-c3nc(-c4ccccc4)nc(-c4cccc5c4oc4cc(-c6ccc7c8ccccc8c8ccccc8c7c6)ccc45)n3)cc2)c([2H])c1[2H]. The lowest BCUT2D eigenvalue weighted by molar-refractivity contribution is 0.669. The maximum atomic E-state index is 8.46. The summed E-state index contributed by atoms with van der Waals surface area (Å²) >= 11 is 0. The Hall–Kier alpha value is -7.43. The van der Waals surface area contributed by atoms with Gasteiger partial charge in [-0.25, -0.2) is 15.0 Å². The van der Waals surface area contributed by atoms with E-state index in [1.54, 1.807) is 24.3 Å². The Labute approximate surface area is 324 Å². The minimum atomic E-state index is -0.427. The van der Waals surface area contributed by atoms with Crippen molar-refractivity contribution in [2.45, 2.75) is 0 Å². The Balaban J connectivity index is 1.03. The van der Waals surface area contributed by atoms with Crippen molar-refractivity contribution in [1.29, 1.82) is 0 Å². The van der Waals surface area contributed by atoms with Crippen LogP contribution in [-0.4, -0.2) is 15.0 Å². The molecule has 0 spiro atoms. The average molecular weight is 707 g/mol. The van der Waals surface area contributed by atoms with Crippen molar-refractivity contribution in [2.24, 2.45) is 0 Å². The third-order valence-corrected chi connectivity index (χ3v) is 10.4. The Bertz CT molecular complexity index is 3490. The Morgan fingerprint density at radius 3 is 1.55 bits per heavy atom. The molecule has 0 radical (unpaired) electrons. The van der Waals surface area contributed by atoms with Crippen LogP contribution >= 0.6 is 0 Å². The number of nitrogens with zero attached hydrogens (tertiary/aromatic N) is 3. The summed E-state index contributed by atoms with van der Waals surface area (Å²) in [5.74, 6) is 1.34. The van der Waals surface area contributed by atoms with Gasteiger partial charge in [0.25, 0.3) is 0 Å². The van der Waals surface area contributed by atoms with E-state index in [-0.39, 0.29) is 29.7 Å². The monoisotopic (exact) mass is 706 g/mol. The molecule has 0 aliphatic heterocycles. The average Bonchev–Trinajstić information content (AvgIpc) is 3.69. The lowest BCUT2D eigenvalue weighted by Crippen LogP contribution is -2.00. The first-order chi connectivity index (χ1) is 29.3. The van der Waals surface area contributed by atoms with Gasteiger partial charge in [0.15, 0.2) is 17.5 Å². The third-order valence-electron chi connectivity index (χ3n) is 10.4. The van der Waals surface area contributed by atoms with E-state index >= 15 is 0 Å². The van der Waals surface area contributed by atoms with E-state index in [4.69, 9.17) is 26.2 Å². The summed E-state index contributed by atoms with van der Waals surface area (Å²) in [7, 11) is 0. The lowest BCUT2D eigenvalue weighted by atomic mass is 9.92. The van der Waals surface area contributed by atoms with E-state index in [2.05, 4.69) is 91.0 Å². The van der Waals surface area contributed by atoms with Crippen LogP contribution in [0.3, 0.4) is 0 Å². The van der Waals surface area contributed by atoms with Crippen molar-refractivity contribution in [3.63, 3.8) is 0 Å². The van der Waals surface area contributed by atoms with Crippen molar-refractivity contribution in [2.75, 3.05) is 0 Å². The first-order valence-electron chi connectivity index (χ1n) is 20.6. The normalized spacial score (nSPS) is 12.9. The van der Waals surface area contributed by atoms with Crippen LogP contribution in [0, 0.1) is 0 Å². The van der Waals surface area contributed by atoms with Crippen molar-refractivity contribution in [3.8, 4) is 56.4 Å². The van der Waals surface area contributed by atoms with Crippen LogP contribution in [0.5, 0.6) is 0 Å². The highest BCUT2D eigenvalue weighted by molar-refractivity contribution is 6.25. The first-order valence-corrected chi connectivity index (χ1v) is 18.1. The van der Waals surface area contributed by atoms with Crippen molar-refractivity contribution in [3.05, 3.63) is 188 Å². The van der Waals surface area contributed by atoms with E-state index in [0.29, 0.717) is 39.7 Å². The topological polar surface area (TPSA) is 51.8 Å². The zero-order valence-corrected chi connectivity index (χ0v) is 29.3. The second-order valence-corrected chi connectivity index (χ2v) is 13.6. The zero-order chi connectivity index (χ0) is 40.6. The van der Waals surface area contributed by atoms with E-state index in [9.17, 15) is 0 Å². The van der Waals surface area contributed by atoms with Gasteiger partial charge < -0.3 is 4.42 Å². The van der Waals surface area contributed by atoms with Gasteiger partial charge in [0.1, 0.15) is 11.2 Å². The summed E-state index contributed by atoms with van der Waals surface area (Å²) in [4.78, 5) is 14.9. The van der Waals surface area contributed by atoms with E-state index < -0.39 is 6.04 Å². The Morgan fingerprint density at radius 1 is 0.345 bits per heavy atom. The summed E-state index contributed by atoms with van der Waals surface area (Å²) in [6.45, 7) is 0. The molecule has 0 fully saturated rings. The molecule has 4 heteroatoms.